The van der Waals surface area contributed by atoms with E-state index in [0.717, 1.165) is 4.90 Å². The van der Waals surface area contributed by atoms with E-state index in [9.17, 15) is 19.2 Å². The highest BCUT2D eigenvalue weighted by molar-refractivity contribution is 6.21. The summed E-state index contributed by atoms with van der Waals surface area (Å²) in [6.07, 6.45) is -1.07. The van der Waals surface area contributed by atoms with Crippen LogP contribution in [-0.2, 0) is 16.1 Å². The molecular formula is C27H24N2O6. The van der Waals surface area contributed by atoms with Crippen molar-refractivity contribution in [1.82, 2.24) is 4.90 Å². The van der Waals surface area contributed by atoms with Gasteiger partial charge in [-0.3, -0.25) is 19.3 Å². The van der Waals surface area contributed by atoms with Crippen molar-refractivity contribution in [2.75, 3.05) is 11.9 Å². The monoisotopic (exact) mass is 472 g/mol. The third kappa shape index (κ3) is 5.06. The number of carbonyl (C=O) groups is 4. The fourth-order valence-electron chi connectivity index (χ4n) is 3.72. The molecule has 0 bridgehead atoms. The maximum Gasteiger partial charge on any atom is 0.342 e. The molecule has 0 aromatic heterocycles. The van der Waals surface area contributed by atoms with E-state index < -0.39 is 29.8 Å². The summed E-state index contributed by atoms with van der Waals surface area (Å²) in [6.45, 7) is 3.53. The second kappa shape index (κ2) is 10.2. The lowest BCUT2D eigenvalue weighted by Crippen LogP contribution is -2.30. The Morgan fingerprint density at radius 2 is 1.54 bits per heavy atom. The molecule has 3 aromatic carbocycles. The van der Waals surface area contributed by atoms with Crippen molar-refractivity contribution in [2.24, 2.45) is 0 Å². The summed E-state index contributed by atoms with van der Waals surface area (Å²) < 4.78 is 11.0. The van der Waals surface area contributed by atoms with Crippen molar-refractivity contribution in [2.45, 2.75) is 26.5 Å². The van der Waals surface area contributed by atoms with Crippen LogP contribution in [0, 0.1) is 0 Å². The molecule has 8 heteroatoms. The number of hydrogen-bond donors (Lipinski definition) is 1. The van der Waals surface area contributed by atoms with E-state index in [1.54, 1.807) is 67.6 Å². The van der Waals surface area contributed by atoms with E-state index >= 15 is 0 Å². The fourth-order valence-corrected chi connectivity index (χ4v) is 3.72. The van der Waals surface area contributed by atoms with E-state index in [1.165, 1.54) is 13.0 Å². The summed E-state index contributed by atoms with van der Waals surface area (Å²) in [4.78, 5) is 52.0. The molecule has 1 heterocycles. The minimum absolute atomic E-state index is 0.0247. The first-order chi connectivity index (χ1) is 16.9. The molecule has 3 aromatic rings. The van der Waals surface area contributed by atoms with Gasteiger partial charge in [-0.25, -0.2) is 4.79 Å². The SMILES string of the molecule is CCOc1ccc(CN2C(=O)c3ccccc3C2=O)cc1C(=O)OC(C)C(=O)Nc1ccccc1. The van der Waals surface area contributed by atoms with Gasteiger partial charge in [0.25, 0.3) is 17.7 Å². The standard InChI is InChI=1S/C27H24N2O6/c1-3-34-23-14-13-18(16-29-25(31)20-11-7-8-12-21(20)26(29)32)15-22(23)27(33)35-17(2)24(30)28-19-9-5-4-6-10-19/h4-15,17H,3,16H2,1-2H3,(H,28,30). The summed E-state index contributed by atoms with van der Waals surface area (Å²) in [6, 6.07) is 20.2. The summed E-state index contributed by atoms with van der Waals surface area (Å²) in [5.41, 5.74) is 1.91. The number of carbonyl (C=O) groups excluding carboxylic acids is 4. The number of nitrogens with one attached hydrogen (secondary N) is 1. The van der Waals surface area contributed by atoms with Gasteiger partial charge in [-0.05, 0) is 55.8 Å². The number of esters is 1. The Kier molecular flexibility index (Phi) is 6.91. The van der Waals surface area contributed by atoms with E-state index in [2.05, 4.69) is 5.32 Å². The van der Waals surface area contributed by atoms with Gasteiger partial charge in [-0.1, -0.05) is 36.4 Å². The van der Waals surface area contributed by atoms with Crippen LogP contribution in [0.1, 0.15) is 50.5 Å². The maximum atomic E-state index is 13.0. The van der Waals surface area contributed by atoms with Gasteiger partial charge >= 0.3 is 5.97 Å². The lowest BCUT2D eigenvalue weighted by Gasteiger charge is -2.18. The molecule has 0 saturated carbocycles. The number of nitrogens with zero attached hydrogens (tertiary/aromatic N) is 1. The van der Waals surface area contributed by atoms with E-state index in [0.29, 0.717) is 29.0 Å². The molecule has 35 heavy (non-hydrogen) atoms. The van der Waals surface area contributed by atoms with Crippen molar-refractivity contribution in [1.29, 1.82) is 0 Å². The Bertz CT molecular complexity index is 1250. The molecular weight excluding hydrogens is 448 g/mol. The number of hydrogen-bond acceptors (Lipinski definition) is 6. The van der Waals surface area contributed by atoms with Gasteiger partial charge < -0.3 is 14.8 Å². The van der Waals surface area contributed by atoms with Crippen LogP contribution in [0.15, 0.2) is 72.8 Å². The van der Waals surface area contributed by atoms with Crippen LogP contribution in [-0.4, -0.2) is 41.3 Å². The Morgan fingerprint density at radius 1 is 0.914 bits per heavy atom. The van der Waals surface area contributed by atoms with Crippen LogP contribution < -0.4 is 10.1 Å². The molecule has 1 unspecified atom stereocenters. The molecule has 1 N–H and O–H groups in total. The lowest BCUT2D eigenvalue weighted by molar-refractivity contribution is -0.123. The number of para-hydroxylation sites is 1. The topological polar surface area (TPSA) is 102 Å². The highest BCUT2D eigenvalue weighted by Gasteiger charge is 2.35. The van der Waals surface area contributed by atoms with Crippen LogP contribution >= 0.6 is 0 Å². The second-order valence-electron chi connectivity index (χ2n) is 7.91. The van der Waals surface area contributed by atoms with Gasteiger partial charge in [-0.2, -0.15) is 0 Å². The van der Waals surface area contributed by atoms with Crippen molar-refractivity contribution >= 4 is 29.4 Å². The molecule has 1 atom stereocenters. The molecule has 0 saturated heterocycles. The van der Waals surface area contributed by atoms with Gasteiger partial charge in [0.05, 0.1) is 24.3 Å². The predicted octanol–water partition coefficient (Wildman–Crippen LogP) is 4.07. The van der Waals surface area contributed by atoms with Crippen molar-refractivity contribution in [3.8, 4) is 5.75 Å². The highest BCUT2D eigenvalue weighted by Crippen LogP contribution is 2.27. The third-order valence-electron chi connectivity index (χ3n) is 5.48. The number of anilines is 1. The van der Waals surface area contributed by atoms with Crippen LogP contribution in [0.4, 0.5) is 5.69 Å². The molecule has 0 spiro atoms. The summed E-state index contributed by atoms with van der Waals surface area (Å²) in [5.74, 6) is -1.75. The first-order valence-electron chi connectivity index (χ1n) is 11.2. The Morgan fingerprint density at radius 3 is 2.17 bits per heavy atom. The van der Waals surface area contributed by atoms with Gasteiger partial charge in [0.15, 0.2) is 6.10 Å². The molecule has 3 amide bonds. The van der Waals surface area contributed by atoms with E-state index in [-0.39, 0.29) is 17.9 Å². The van der Waals surface area contributed by atoms with Gasteiger partial charge in [0.2, 0.25) is 0 Å². The fraction of sp³-hybridized carbons (Fsp3) is 0.185. The Hall–Kier alpha value is -4.46. The first kappa shape index (κ1) is 23.7. The normalized spacial score (nSPS) is 13.3. The summed E-state index contributed by atoms with van der Waals surface area (Å²) in [7, 11) is 0. The van der Waals surface area contributed by atoms with E-state index in [1.807, 2.05) is 6.07 Å². The summed E-state index contributed by atoms with van der Waals surface area (Å²) in [5, 5.41) is 2.69. The Balaban J connectivity index is 1.51. The van der Waals surface area contributed by atoms with Crippen molar-refractivity contribution in [3.63, 3.8) is 0 Å². The first-order valence-corrected chi connectivity index (χ1v) is 11.2. The van der Waals surface area contributed by atoms with Gasteiger partial charge in [-0.15, -0.1) is 0 Å². The number of benzene rings is 3. The number of fused-ring (bicyclic) bond motifs is 1. The van der Waals surface area contributed by atoms with Gasteiger partial charge in [0, 0.05) is 5.69 Å². The number of imide groups is 1. The number of rotatable bonds is 8. The molecule has 1 aliphatic heterocycles. The largest absolute Gasteiger partial charge is 0.493 e. The number of ether oxygens (including phenoxy) is 2. The molecule has 1 aliphatic rings. The zero-order valence-corrected chi connectivity index (χ0v) is 19.3. The minimum Gasteiger partial charge on any atom is -0.493 e. The molecule has 0 fully saturated rings. The van der Waals surface area contributed by atoms with Crippen molar-refractivity contribution < 1.29 is 28.7 Å². The van der Waals surface area contributed by atoms with Crippen LogP contribution in [0.3, 0.4) is 0 Å². The average Bonchev–Trinajstić information content (AvgIpc) is 3.10. The summed E-state index contributed by atoms with van der Waals surface area (Å²) >= 11 is 0. The quantitative estimate of drug-likeness (QED) is 0.392. The smallest absolute Gasteiger partial charge is 0.342 e. The zero-order valence-electron chi connectivity index (χ0n) is 19.3. The van der Waals surface area contributed by atoms with Crippen LogP contribution in [0.25, 0.3) is 0 Å². The van der Waals surface area contributed by atoms with E-state index in [4.69, 9.17) is 9.47 Å². The molecule has 178 valence electrons. The molecule has 8 nitrogen and oxygen atoms in total. The van der Waals surface area contributed by atoms with Crippen LogP contribution in [0.2, 0.25) is 0 Å². The number of amides is 3. The maximum absolute atomic E-state index is 13.0. The second-order valence-corrected chi connectivity index (χ2v) is 7.91. The third-order valence-corrected chi connectivity index (χ3v) is 5.48. The van der Waals surface area contributed by atoms with Crippen LogP contribution in [0.5, 0.6) is 5.75 Å². The molecule has 0 aliphatic carbocycles. The minimum atomic E-state index is -1.07. The zero-order chi connectivity index (χ0) is 24.9. The highest BCUT2D eigenvalue weighted by atomic mass is 16.5. The average molecular weight is 472 g/mol. The van der Waals surface area contributed by atoms with Crippen molar-refractivity contribution in [3.05, 3.63) is 95.1 Å². The molecule has 4 rings (SSSR count). The molecule has 0 radical (unpaired) electrons. The lowest BCUT2D eigenvalue weighted by atomic mass is 10.1. The Labute approximate surface area is 202 Å². The predicted molar refractivity (Wildman–Crippen MR) is 128 cm³/mol. The van der Waals surface area contributed by atoms with Gasteiger partial charge in [0.1, 0.15) is 11.3 Å².